The van der Waals surface area contributed by atoms with Gasteiger partial charge in [-0.1, -0.05) is 38.8 Å². The zero-order valence-electron chi connectivity index (χ0n) is 9.63. The van der Waals surface area contributed by atoms with E-state index < -0.39 is 0 Å². The molecule has 14 heavy (non-hydrogen) atoms. The molecule has 0 saturated heterocycles. The van der Waals surface area contributed by atoms with Crippen LogP contribution in [-0.2, 0) is 9.47 Å². The minimum Gasteiger partial charge on any atom is -0.377 e. The van der Waals surface area contributed by atoms with Crippen LogP contribution in [0.25, 0.3) is 0 Å². The standard InChI is InChI=1S/C12H24O2/c1-3-5-9-13-11-7-8-12-14-10-6-4-2/h7-8H,3-6,9-12H2,1-2H3/b8-7-. The van der Waals surface area contributed by atoms with Crippen molar-refractivity contribution in [3.8, 4) is 0 Å². The second-order valence-electron chi connectivity index (χ2n) is 3.33. The molecule has 0 aliphatic heterocycles. The third kappa shape index (κ3) is 11.7. The molecule has 0 bridgehead atoms. The summed E-state index contributed by atoms with van der Waals surface area (Å²) in [5.74, 6) is 0. The maximum Gasteiger partial charge on any atom is 0.0648 e. The van der Waals surface area contributed by atoms with Crippen molar-refractivity contribution in [1.82, 2.24) is 0 Å². The quantitative estimate of drug-likeness (QED) is 0.398. The summed E-state index contributed by atoms with van der Waals surface area (Å²) in [6.07, 6.45) is 8.76. The van der Waals surface area contributed by atoms with Crippen molar-refractivity contribution >= 4 is 0 Å². The molecular weight excluding hydrogens is 176 g/mol. The third-order valence-corrected chi connectivity index (χ3v) is 1.88. The van der Waals surface area contributed by atoms with Crippen molar-refractivity contribution in [3.63, 3.8) is 0 Å². The summed E-state index contributed by atoms with van der Waals surface area (Å²) in [7, 11) is 0. The van der Waals surface area contributed by atoms with Gasteiger partial charge in [0.25, 0.3) is 0 Å². The molecule has 2 nitrogen and oxygen atoms in total. The normalized spacial score (nSPS) is 11.3. The molecule has 0 atom stereocenters. The van der Waals surface area contributed by atoms with E-state index >= 15 is 0 Å². The number of hydrogen-bond donors (Lipinski definition) is 0. The lowest BCUT2D eigenvalue weighted by Gasteiger charge is -1.99. The van der Waals surface area contributed by atoms with Crippen LogP contribution in [-0.4, -0.2) is 26.4 Å². The summed E-state index contributed by atoms with van der Waals surface area (Å²) < 4.78 is 10.7. The SMILES string of the molecule is CCCCOC/C=C\COCCCC. The third-order valence-electron chi connectivity index (χ3n) is 1.88. The lowest BCUT2D eigenvalue weighted by atomic mass is 10.4. The highest BCUT2D eigenvalue weighted by Gasteiger charge is 1.84. The molecule has 0 spiro atoms. The highest BCUT2D eigenvalue weighted by molar-refractivity contribution is 4.80. The van der Waals surface area contributed by atoms with Crippen LogP contribution in [0, 0.1) is 0 Å². The molecule has 0 amide bonds. The van der Waals surface area contributed by atoms with Gasteiger partial charge in [0.1, 0.15) is 0 Å². The molecule has 0 aromatic carbocycles. The first kappa shape index (κ1) is 13.7. The summed E-state index contributed by atoms with van der Waals surface area (Å²) in [5.41, 5.74) is 0. The Morgan fingerprint density at radius 2 is 1.21 bits per heavy atom. The van der Waals surface area contributed by atoms with E-state index in [0.29, 0.717) is 0 Å². The Morgan fingerprint density at radius 1 is 0.786 bits per heavy atom. The molecule has 84 valence electrons. The second-order valence-corrected chi connectivity index (χ2v) is 3.33. The molecule has 0 aromatic heterocycles. The van der Waals surface area contributed by atoms with Gasteiger partial charge in [-0.05, 0) is 12.8 Å². The molecule has 0 N–H and O–H groups in total. The summed E-state index contributed by atoms with van der Waals surface area (Å²) in [6.45, 7) is 7.52. The van der Waals surface area contributed by atoms with Crippen LogP contribution in [0.3, 0.4) is 0 Å². The fraction of sp³-hybridized carbons (Fsp3) is 0.833. The molecule has 0 rings (SSSR count). The van der Waals surface area contributed by atoms with E-state index in [1.165, 1.54) is 12.8 Å². The summed E-state index contributed by atoms with van der Waals surface area (Å²) >= 11 is 0. The monoisotopic (exact) mass is 200 g/mol. The summed E-state index contributed by atoms with van der Waals surface area (Å²) in [4.78, 5) is 0. The van der Waals surface area contributed by atoms with Gasteiger partial charge in [0.2, 0.25) is 0 Å². The van der Waals surface area contributed by atoms with Crippen molar-refractivity contribution in [1.29, 1.82) is 0 Å². The van der Waals surface area contributed by atoms with Crippen LogP contribution in [0.2, 0.25) is 0 Å². The highest BCUT2D eigenvalue weighted by atomic mass is 16.5. The van der Waals surface area contributed by atoms with E-state index in [0.717, 1.165) is 39.3 Å². The topological polar surface area (TPSA) is 18.5 Å². The van der Waals surface area contributed by atoms with Gasteiger partial charge in [-0.3, -0.25) is 0 Å². The molecule has 0 heterocycles. The molecule has 0 aliphatic carbocycles. The Kier molecular flexibility index (Phi) is 12.4. The van der Waals surface area contributed by atoms with E-state index in [4.69, 9.17) is 9.47 Å². The Hall–Kier alpha value is -0.340. The first-order chi connectivity index (χ1) is 6.91. The van der Waals surface area contributed by atoms with Crippen molar-refractivity contribution in [2.75, 3.05) is 26.4 Å². The predicted octanol–water partition coefficient (Wildman–Crippen LogP) is 3.18. The van der Waals surface area contributed by atoms with E-state index in [-0.39, 0.29) is 0 Å². The van der Waals surface area contributed by atoms with Gasteiger partial charge in [0.15, 0.2) is 0 Å². The van der Waals surface area contributed by atoms with E-state index in [9.17, 15) is 0 Å². The molecule has 0 aliphatic rings. The molecule has 2 heteroatoms. The Labute approximate surface area is 88.3 Å². The van der Waals surface area contributed by atoms with Gasteiger partial charge in [0.05, 0.1) is 13.2 Å². The zero-order valence-corrected chi connectivity index (χ0v) is 9.63. The van der Waals surface area contributed by atoms with E-state index in [2.05, 4.69) is 13.8 Å². The molecule has 0 radical (unpaired) electrons. The average Bonchev–Trinajstić information content (AvgIpc) is 2.21. The Balaban J connectivity index is 2.96. The largest absolute Gasteiger partial charge is 0.377 e. The van der Waals surface area contributed by atoms with Crippen molar-refractivity contribution in [3.05, 3.63) is 12.2 Å². The molecular formula is C12H24O2. The number of rotatable bonds is 10. The maximum atomic E-state index is 5.36. The van der Waals surface area contributed by atoms with Crippen LogP contribution in [0.1, 0.15) is 39.5 Å². The van der Waals surface area contributed by atoms with Gasteiger partial charge in [0, 0.05) is 13.2 Å². The molecule has 0 saturated carbocycles. The van der Waals surface area contributed by atoms with Crippen molar-refractivity contribution in [2.45, 2.75) is 39.5 Å². The number of unbranched alkanes of at least 4 members (excludes halogenated alkanes) is 2. The fourth-order valence-corrected chi connectivity index (χ4v) is 0.932. The summed E-state index contributed by atoms with van der Waals surface area (Å²) in [5, 5.41) is 0. The number of ether oxygens (including phenoxy) is 2. The zero-order chi connectivity index (χ0) is 10.5. The van der Waals surface area contributed by atoms with Gasteiger partial charge in [-0.25, -0.2) is 0 Å². The van der Waals surface area contributed by atoms with Crippen LogP contribution in [0.15, 0.2) is 12.2 Å². The lowest BCUT2D eigenvalue weighted by Crippen LogP contribution is -1.96. The lowest BCUT2D eigenvalue weighted by molar-refractivity contribution is 0.150. The summed E-state index contributed by atoms with van der Waals surface area (Å²) in [6, 6.07) is 0. The van der Waals surface area contributed by atoms with Gasteiger partial charge in [-0.15, -0.1) is 0 Å². The number of hydrogen-bond acceptors (Lipinski definition) is 2. The minimum atomic E-state index is 0.719. The van der Waals surface area contributed by atoms with Gasteiger partial charge < -0.3 is 9.47 Å². The maximum absolute atomic E-state index is 5.36. The molecule has 0 aromatic rings. The molecule has 0 fully saturated rings. The predicted molar refractivity (Wildman–Crippen MR) is 60.6 cm³/mol. The first-order valence-corrected chi connectivity index (χ1v) is 5.72. The van der Waals surface area contributed by atoms with Crippen LogP contribution >= 0.6 is 0 Å². The Bertz CT molecular complexity index is 107. The highest BCUT2D eigenvalue weighted by Crippen LogP contribution is 1.89. The first-order valence-electron chi connectivity index (χ1n) is 5.72. The second kappa shape index (κ2) is 12.7. The van der Waals surface area contributed by atoms with Gasteiger partial charge in [-0.2, -0.15) is 0 Å². The van der Waals surface area contributed by atoms with Gasteiger partial charge >= 0.3 is 0 Å². The van der Waals surface area contributed by atoms with E-state index in [1.807, 2.05) is 12.2 Å². The average molecular weight is 200 g/mol. The van der Waals surface area contributed by atoms with Crippen molar-refractivity contribution < 1.29 is 9.47 Å². The Morgan fingerprint density at radius 3 is 1.57 bits per heavy atom. The van der Waals surface area contributed by atoms with Crippen molar-refractivity contribution in [2.24, 2.45) is 0 Å². The van der Waals surface area contributed by atoms with Crippen LogP contribution in [0.5, 0.6) is 0 Å². The van der Waals surface area contributed by atoms with Crippen LogP contribution < -0.4 is 0 Å². The van der Waals surface area contributed by atoms with E-state index in [1.54, 1.807) is 0 Å². The van der Waals surface area contributed by atoms with Crippen LogP contribution in [0.4, 0.5) is 0 Å². The minimum absolute atomic E-state index is 0.719. The molecule has 0 unspecified atom stereocenters. The fourth-order valence-electron chi connectivity index (χ4n) is 0.932. The smallest absolute Gasteiger partial charge is 0.0648 e.